The molecule has 3 aromatic rings. The number of nitrogens with one attached hydrogen (secondary N) is 2. The van der Waals surface area contributed by atoms with Crippen molar-refractivity contribution in [1.29, 1.82) is 0 Å². The minimum Gasteiger partial charge on any atom is -0.317 e. The Morgan fingerprint density at radius 1 is 1.18 bits per heavy atom. The third-order valence-electron chi connectivity index (χ3n) is 4.96. The number of aromatic nitrogens is 5. The van der Waals surface area contributed by atoms with Crippen LogP contribution in [0.4, 0.5) is 5.69 Å². The average molecular weight is 402 g/mol. The molecule has 1 saturated heterocycles. The zero-order valence-corrected chi connectivity index (χ0v) is 16.7. The number of piperidine rings is 1. The van der Waals surface area contributed by atoms with Gasteiger partial charge >= 0.3 is 0 Å². The molecule has 0 radical (unpaired) electrons. The SMILES string of the molecule is Cc1nn(-c2ccccc2)c(C)c1NC(=O)c1cn(C2CCNCC2)nn1.Cl. The maximum atomic E-state index is 12.7. The molecule has 1 amide bonds. The molecule has 1 aliphatic heterocycles. The first-order valence-electron chi connectivity index (χ1n) is 9.19. The smallest absolute Gasteiger partial charge is 0.277 e. The Morgan fingerprint density at radius 3 is 2.61 bits per heavy atom. The van der Waals surface area contributed by atoms with E-state index in [0.29, 0.717) is 17.4 Å². The summed E-state index contributed by atoms with van der Waals surface area (Å²) in [5, 5.41) is 19.1. The fraction of sp³-hybridized carbons (Fsp3) is 0.368. The van der Waals surface area contributed by atoms with Crippen molar-refractivity contribution in [3.8, 4) is 5.69 Å². The Balaban J connectivity index is 0.00000225. The molecule has 2 N–H and O–H groups in total. The Labute approximate surface area is 169 Å². The van der Waals surface area contributed by atoms with Crippen LogP contribution in [0.2, 0.25) is 0 Å². The van der Waals surface area contributed by atoms with Gasteiger partial charge in [0.2, 0.25) is 0 Å². The summed E-state index contributed by atoms with van der Waals surface area (Å²) in [5.74, 6) is -0.269. The highest BCUT2D eigenvalue weighted by atomic mass is 35.5. The number of amides is 1. The Morgan fingerprint density at radius 2 is 1.89 bits per heavy atom. The first-order valence-corrected chi connectivity index (χ1v) is 9.19. The van der Waals surface area contributed by atoms with Gasteiger partial charge in [0.1, 0.15) is 0 Å². The van der Waals surface area contributed by atoms with Gasteiger partial charge in [-0.25, -0.2) is 9.36 Å². The van der Waals surface area contributed by atoms with Gasteiger partial charge in [-0.05, 0) is 51.9 Å². The second-order valence-corrected chi connectivity index (χ2v) is 6.81. The number of para-hydroxylation sites is 1. The van der Waals surface area contributed by atoms with Crippen molar-refractivity contribution in [2.24, 2.45) is 0 Å². The van der Waals surface area contributed by atoms with E-state index < -0.39 is 0 Å². The second kappa shape index (κ2) is 8.53. The fourth-order valence-corrected chi connectivity index (χ4v) is 3.45. The molecule has 0 saturated carbocycles. The van der Waals surface area contributed by atoms with Crippen molar-refractivity contribution >= 4 is 24.0 Å². The molecule has 0 atom stereocenters. The van der Waals surface area contributed by atoms with E-state index in [1.54, 1.807) is 6.20 Å². The molecule has 1 aliphatic rings. The van der Waals surface area contributed by atoms with Gasteiger partial charge in [-0.2, -0.15) is 5.10 Å². The van der Waals surface area contributed by atoms with E-state index in [2.05, 4.69) is 26.0 Å². The van der Waals surface area contributed by atoms with Crippen molar-refractivity contribution in [2.45, 2.75) is 32.7 Å². The van der Waals surface area contributed by atoms with Gasteiger partial charge in [-0.15, -0.1) is 17.5 Å². The summed E-state index contributed by atoms with van der Waals surface area (Å²) >= 11 is 0. The first-order chi connectivity index (χ1) is 13.1. The standard InChI is InChI=1S/C19H23N7O.ClH/c1-13-18(14(2)26(23-13)16-6-4-3-5-7-16)21-19(27)17-12-25(24-22-17)15-8-10-20-11-9-15;/h3-7,12,15,20H,8-11H2,1-2H3,(H,21,27);1H. The molecule has 0 aliphatic carbocycles. The first kappa shape index (κ1) is 20.0. The summed E-state index contributed by atoms with van der Waals surface area (Å²) in [6.45, 7) is 5.74. The molecule has 8 nitrogen and oxygen atoms in total. The summed E-state index contributed by atoms with van der Waals surface area (Å²) in [5.41, 5.74) is 3.61. The van der Waals surface area contributed by atoms with E-state index in [4.69, 9.17) is 0 Å². The summed E-state index contributed by atoms with van der Waals surface area (Å²) < 4.78 is 3.64. The summed E-state index contributed by atoms with van der Waals surface area (Å²) in [7, 11) is 0. The zero-order chi connectivity index (χ0) is 18.8. The number of nitrogens with zero attached hydrogens (tertiary/aromatic N) is 5. The van der Waals surface area contributed by atoms with Crippen LogP contribution in [0.3, 0.4) is 0 Å². The van der Waals surface area contributed by atoms with Crippen molar-refractivity contribution in [2.75, 3.05) is 18.4 Å². The van der Waals surface area contributed by atoms with Crippen molar-refractivity contribution in [1.82, 2.24) is 30.1 Å². The number of halogens is 1. The lowest BCUT2D eigenvalue weighted by molar-refractivity contribution is 0.102. The van der Waals surface area contributed by atoms with E-state index in [0.717, 1.165) is 43.0 Å². The average Bonchev–Trinajstić information content (AvgIpc) is 3.30. The summed E-state index contributed by atoms with van der Waals surface area (Å²) in [4.78, 5) is 12.7. The van der Waals surface area contributed by atoms with Gasteiger partial charge in [0, 0.05) is 0 Å². The highest BCUT2D eigenvalue weighted by Gasteiger charge is 2.21. The van der Waals surface area contributed by atoms with Crippen LogP contribution < -0.4 is 10.6 Å². The van der Waals surface area contributed by atoms with Crippen LogP contribution in [-0.4, -0.2) is 43.8 Å². The molecule has 1 fully saturated rings. The monoisotopic (exact) mass is 401 g/mol. The van der Waals surface area contributed by atoms with Crippen LogP contribution in [0.1, 0.15) is 40.8 Å². The van der Waals surface area contributed by atoms with Gasteiger partial charge in [-0.1, -0.05) is 23.4 Å². The van der Waals surface area contributed by atoms with Gasteiger partial charge < -0.3 is 10.6 Å². The van der Waals surface area contributed by atoms with Crippen LogP contribution in [0.15, 0.2) is 36.5 Å². The number of hydrogen-bond donors (Lipinski definition) is 2. The summed E-state index contributed by atoms with van der Waals surface area (Å²) in [6, 6.07) is 10.1. The number of anilines is 1. The molecule has 148 valence electrons. The molecule has 9 heteroatoms. The van der Waals surface area contributed by atoms with Crippen LogP contribution in [-0.2, 0) is 0 Å². The van der Waals surface area contributed by atoms with E-state index in [9.17, 15) is 4.79 Å². The molecule has 28 heavy (non-hydrogen) atoms. The Hall–Kier alpha value is -2.71. The highest BCUT2D eigenvalue weighted by Crippen LogP contribution is 2.23. The molecule has 4 rings (SSSR count). The lowest BCUT2D eigenvalue weighted by Gasteiger charge is -2.22. The predicted octanol–water partition coefficient (Wildman–Crippen LogP) is 2.68. The normalized spacial score (nSPS) is 14.5. The number of aryl methyl sites for hydroxylation is 1. The minimum absolute atomic E-state index is 0. The summed E-state index contributed by atoms with van der Waals surface area (Å²) in [6.07, 6.45) is 3.72. The highest BCUT2D eigenvalue weighted by molar-refractivity contribution is 6.03. The van der Waals surface area contributed by atoms with Crippen LogP contribution in [0, 0.1) is 13.8 Å². The number of carbonyl (C=O) groups excluding carboxylic acids is 1. The number of rotatable bonds is 4. The van der Waals surface area contributed by atoms with E-state index in [1.165, 1.54) is 0 Å². The largest absolute Gasteiger partial charge is 0.317 e. The zero-order valence-electron chi connectivity index (χ0n) is 15.9. The number of hydrogen-bond acceptors (Lipinski definition) is 5. The van der Waals surface area contributed by atoms with Gasteiger partial charge in [0.15, 0.2) is 5.69 Å². The van der Waals surface area contributed by atoms with Crippen molar-refractivity contribution < 1.29 is 4.79 Å². The van der Waals surface area contributed by atoms with Crippen LogP contribution in [0.25, 0.3) is 5.69 Å². The predicted molar refractivity (Wildman–Crippen MR) is 109 cm³/mol. The van der Waals surface area contributed by atoms with E-state index in [1.807, 2.05) is 53.5 Å². The lowest BCUT2D eigenvalue weighted by Crippen LogP contribution is -2.29. The molecule has 2 aromatic heterocycles. The van der Waals surface area contributed by atoms with Crippen molar-refractivity contribution in [3.05, 3.63) is 53.6 Å². The number of carbonyl (C=O) groups is 1. The molecule has 1 aromatic carbocycles. The number of benzene rings is 1. The van der Waals surface area contributed by atoms with Crippen LogP contribution in [0.5, 0.6) is 0 Å². The van der Waals surface area contributed by atoms with E-state index in [-0.39, 0.29) is 18.3 Å². The molecule has 0 spiro atoms. The van der Waals surface area contributed by atoms with Gasteiger partial charge in [-0.3, -0.25) is 4.79 Å². The van der Waals surface area contributed by atoms with E-state index >= 15 is 0 Å². The Kier molecular flexibility index (Phi) is 6.11. The third-order valence-corrected chi connectivity index (χ3v) is 4.96. The van der Waals surface area contributed by atoms with Crippen LogP contribution >= 0.6 is 12.4 Å². The molecule has 0 unspecified atom stereocenters. The minimum atomic E-state index is -0.269. The second-order valence-electron chi connectivity index (χ2n) is 6.81. The van der Waals surface area contributed by atoms with Gasteiger partial charge in [0.25, 0.3) is 5.91 Å². The van der Waals surface area contributed by atoms with Gasteiger partial charge in [0.05, 0.1) is 35.0 Å². The third kappa shape index (κ3) is 3.93. The topological polar surface area (TPSA) is 89.7 Å². The maximum absolute atomic E-state index is 12.7. The molecule has 0 bridgehead atoms. The molecular weight excluding hydrogens is 378 g/mol. The fourth-order valence-electron chi connectivity index (χ4n) is 3.45. The lowest BCUT2D eigenvalue weighted by atomic mass is 10.1. The molecule has 3 heterocycles. The maximum Gasteiger partial charge on any atom is 0.277 e. The quantitative estimate of drug-likeness (QED) is 0.701. The Bertz CT molecular complexity index is 945. The van der Waals surface area contributed by atoms with Crippen molar-refractivity contribution in [3.63, 3.8) is 0 Å². The molecular formula is C19H24ClN7O.